The van der Waals surface area contributed by atoms with Gasteiger partial charge in [0.15, 0.2) is 0 Å². The van der Waals surface area contributed by atoms with Crippen LogP contribution in [0.1, 0.15) is 26.7 Å². The second-order valence-corrected chi connectivity index (χ2v) is 5.41. The topological polar surface area (TPSA) is 60.6 Å². The van der Waals surface area contributed by atoms with Crippen LogP contribution in [-0.4, -0.2) is 37.9 Å². The summed E-state index contributed by atoms with van der Waals surface area (Å²) in [6.45, 7) is 6.48. The normalized spacial score (nSPS) is 15.9. The summed E-state index contributed by atoms with van der Waals surface area (Å²) in [5.74, 6) is 2.13. The van der Waals surface area contributed by atoms with Gasteiger partial charge in [-0.1, -0.05) is 0 Å². The van der Waals surface area contributed by atoms with Crippen molar-refractivity contribution >= 4 is 11.5 Å². The van der Waals surface area contributed by atoms with E-state index in [1.54, 1.807) is 7.11 Å². The maximum absolute atomic E-state index is 5.94. The number of nitrogens with zero attached hydrogens (tertiary/aromatic N) is 2. The Balaban J connectivity index is 2.10. The monoisotopic (exact) mass is 279 g/mol. The van der Waals surface area contributed by atoms with Crippen molar-refractivity contribution in [2.75, 3.05) is 37.5 Å². The number of ether oxygens (including phenoxy) is 2. The van der Waals surface area contributed by atoms with Gasteiger partial charge >= 0.3 is 0 Å². The summed E-state index contributed by atoms with van der Waals surface area (Å²) in [7, 11) is 1.71. The Labute approximate surface area is 121 Å². The van der Waals surface area contributed by atoms with Crippen LogP contribution < -0.4 is 15.4 Å². The molecule has 0 saturated heterocycles. The molecule has 1 heterocycles. The molecular weight excluding hydrogens is 254 g/mol. The molecule has 1 fully saturated rings. The summed E-state index contributed by atoms with van der Waals surface area (Å²) in [6.07, 6.45) is 2.51. The van der Waals surface area contributed by atoms with Crippen LogP contribution in [-0.2, 0) is 4.74 Å². The fourth-order valence-electron chi connectivity index (χ4n) is 2.23. The average molecular weight is 279 g/mol. The van der Waals surface area contributed by atoms with Crippen LogP contribution in [0.5, 0.6) is 5.88 Å². The second-order valence-electron chi connectivity index (χ2n) is 5.41. The fourth-order valence-corrected chi connectivity index (χ4v) is 2.23. The molecule has 0 spiro atoms. The number of nitrogen functional groups attached to an aromatic ring is 1. The number of hydrogen-bond acceptors (Lipinski definition) is 5. The Hall–Kier alpha value is -1.49. The summed E-state index contributed by atoms with van der Waals surface area (Å²) in [4.78, 5) is 6.76. The van der Waals surface area contributed by atoms with E-state index in [0.717, 1.165) is 19.0 Å². The maximum atomic E-state index is 5.94. The first-order chi connectivity index (χ1) is 9.65. The minimum absolute atomic E-state index is 0.261. The first-order valence-electron chi connectivity index (χ1n) is 7.30. The third kappa shape index (κ3) is 3.76. The molecule has 112 valence electrons. The lowest BCUT2D eigenvalue weighted by molar-refractivity contribution is 0.181. The molecule has 1 unspecified atom stereocenters. The molecule has 1 aliphatic carbocycles. The van der Waals surface area contributed by atoms with Crippen molar-refractivity contribution < 1.29 is 9.47 Å². The Morgan fingerprint density at radius 1 is 1.45 bits per heavy atom. The Bertz CT molecular complexity index is 435. The van der Waals surface area contributed by atoms with E-state index in [9.17, 15) is 0 Å². The molecule has 1 aromatic rings. The van der Waals surface area contributed by atoms with Crippen molar-refractivity contribution in [2.24, 2.45) is 5.92 Å². The fraction of sp³-hybridized carbons (Fsp3) is 0.667. The van der Waals surface area contributed by atoms with Gasteiger partial charge in [0.1, 0.15) is 5.82 Å². The minimum atomic E-state index is 0.261. The van der Waals surface area contributed by atoms with E-state index in [4.69, 9.17) is 15.2 Å². The lowest BCUT2D eigenvalue weighted by Crippen LogP contribution is -2.36. The Morgan fingerprint density at radius 3 is 2.80 bits per heavy atom. The summed E-state index contributed by atoms with van der Waals surface area (Å²) >= 11 is 0. The van der Waals surface area contributed by atoms with E-state index in [2.05, 4.69) is 23.7 Å². The second kappa shape index (κ2) is 6.79. The molecule has 1 aromatic heterocycles. The third-order valence-corrected chi connectivity index (χ3v) is 3.60. The Morgan fingerprint density at radius 2 is 2.20 bits per heavy atom. The number of pyridine rings is 1. The van der Waals surface area contributed by atoms with Crippen molar-refractivity contribution in [1.29, 1.82) is 0 Å². The number of rotatable bonds is 8. The van der Waals surface area contributed by atoms with E-state index in [-0.39, 0.29) is 6.04 Å². The van der Waals surface area contributed by atoms with Gasteiger partial charge in [0, 0.05) is 13.7 Å². The average Bonchev–Trinajstić information content (AvgIpc) is 3.24. The molecule has 1 saturated carbocycles. The third-order valence-electron chi connectivity index (χ3n) is 3.60. The maximum Gasteiger partial charge on any atom is 0.239 e. The standard InChI is InChI=1S/C15H25N3O2/c1-4-18(11(2)9-19-3)14-8-7-13(16)15(17-14)20-10-12-5-6-12/h7-8,11-12H,4-6,9-10,16H2,1-3H3. The zero-order valence-electron chi connectivity index (χ0n) is 12.6. The number of methoxy groups -OCH3 is 1. The number of likely N-dealkylation sites (N-methyl/N-ethyl adjacent to an activating group) is 1. The molecule has 5 heteroatoms. The highest BCUT2D eigenvalue weighted by molar-refractivity contribution is 5.54. The quantitative estimate of drug-likeness (QED) is 0.791. The molecule has 0 radical (unpaired) electrons. The van der Waals surface area contributed by atoms with E-state index in [1.807, 2.05) is 12.1 Å². The van der Waals surface area contributed by atoms with Crippen molar-refractivity contribution in [3.8, 4) is 5.88 Å². The van der Waals surface area contributed by atoms with E-state index in [0.29, 0.717) is 24.1 Å². The van der Waals surface area contributed by atoms with Crippen LogP contribution >= 0.6 is 0 Å². The first-order valence-corrected chi connectivity index (χ1v) is 7.30. The molecule has 5 nitrogen and oxygen atoms in total. The molecule has 1 aliphatic rings. The van der Waals surface area contributed by atoms with Gasteiger partial charge in [0.05, 0.1) is 24.9 Å². The predicted octanol–water partition coefficient (Wildman–Crippen LogP) is 2.31. The zero-order valence-corrected chi connectivity index (χ0v) is 12.6. The van der Waals surface area contributed by atoms with Crippen molar-refractivity contribution in [3.05, 3.63) is 12.1 Å². The first kappa shape index (κ1) is 14.9. The van der Waals surface area contributed by atoms with E-state index < -0.39 is 0 Å². The van der Waals surface area contributed by atoms with Gasteiger partial charge in [-0.15, -0.1) is 0 Å². The van der Waals surface area contributed by atoms with Gasteiger partial charge in [0.25, 0.3) is 0 Å². The van der Waals surface area contributed by atoms with Gasteiger partial charge in [-0.05, 0) is 44.7 Å². The lowest BCUT2D eigenvalue weighted by Gasteiger charge is -2.29. The highest BCUT2D eigenvalue weighted by atomic mass is 16.5. The van der Waals surface area contributed by atoms with Gasteiger partial charge in [0.2, 0.25) is 5.88 Å². The van der Waals surface area contributed by atoms with Crippen molar-refractivity contribution in [3.63, 3.8) is 0 Å². The molecule has 20 heavy (non-hydrogen) atoms. The molecule has 0 bridgehead atoms. The lowest BCUT2D eigenvalue weighted by atomic mass is 10.2. The van der Waals surface area contributed by atoms with E-state index in [1.165, 1.54) is 12.8 Å². The Kier molecular flexibility index (Phi) is 5.06. The molecule has 0 amide bonds. The van der Waals surface area contributed by atoms with Crippen LogP contribution in [0.15, 0.2) is 12.1 Å². The summed E-state index contributed by atoms with van der Waals surface area (Å²) in [5, 5.41) is 0. The van der Waals surface area contributed by atoms with Gasteiger partial charge in [-0.2, -0.15) is 4.98 Å². The molecule has 2 N–H and O–H groups in total. The van der Waals surface area contributed by atoms with Gasteiger partial charge in [-0.25, -0.2) is 0 Å². The summed E-state index contributed by atoms with van der Waals surface area (Å²) < 4.78 is 11.0. The van der Waals surface area contributed by atoms with Crippen LogP contribution in [0.25, 0.3) is 0 Å². The van der Waals surface area contributed by atoms with E-state index >= 15 is 0 Å². The highest BCUT2D eigenvalue weighted by Crippen LogP contribution is 2.31. The van der Waals surface area contributed by atoms with Gasteiger partial charge < -0.3 is 20.1 Å². The zero-order chi connectivity index (χ0) is 14.5. The van der Waals surface area contributed by atoms with Crippen molar-refractivity contribution in [1.82, 2.24) is 4.98 Å². The molecule has 0 aliphatic heterocycles. The van der Waals surface area contributed by atoms with Gasteiger partial charge in [-0.3, -0.25) is 0 Å². The SMILES string of the molecule is CCN(c1ccc(N)c(OCC2CC2)n1)C(C)COC. The summed E-state index contributed by atoms with van der Waals surface area (Å²) in [6, 6.07) is 4.07. The minimum Gasteiger partial charge on any atom is -0.476 e. The number of aromatic nitrogens is 1. The van der Waals surface area contributed by atoms with Crippen molar-refractivity contribution in [2.45, 2.75) is 32.7 Å². The largest absolute Gasteiger partial charge is 0.476 e. The van der Waals surface area contributed by atoms with Crippen LogP contribution in [0.4, 0.5) is 11.5 Å². The van der Waals surface area contributed by atoms with Crippen LogP contribution in [0.3, 0.4) is 0 Å². The highest BCUT2D eigenvalue weighted by Gasteiger charge is 2.23. The smallest absolute Gasteiger partial charge is 0.239 e. The predicted molar refractivity (Wildman–Crippen MR) is 81.2 cm³/mol. The van der Waals surface area contributed by atoms with Crippen LogP contribution in [0.2, 0.25) is 0 Å². The number of nitrogens with two attached hydrogens (primary N) is 1. The molecule has 2 rings (SSSR count). The summed E-state index contributed by atoms with van der Waals surface area (Å²) in [5.41, 5.74) is 6.54. The number of anilines is 2. The molecule has 0 aromatic carbocycles. The van der Waals surface area contributed by atoms with Crippen LogP contribution in [0, 0.1) is 5.92 Å². The molecule has 1 atom stereocenters. The number of hydrogen-bond donors (Lipinski definition) is 1. The molecular formula is C15H25N3O2.